The van der Waals surface area contributed by atoms with E-state index in [1.807, 2.05) is 18.2 Å². The van der Waals surface area contributed by atoms with Crippen molar-refractivity contribution >= 4 is 0 Å². The number of hydroxylamine groups is 1. The van der Waals surface area contributed by atoms with E-state index in [9.17, 15) is 5.11 Å². The number of hydrogen-bond acceptors (Lipinski definition) is 3. The minimum atomic E-state index is -0.127. The molecule has 2 rings (SSSR count). The van der Waals surface area contributed by atoms with Gasteiger partial charge in [0.05, 0.1) is 6.10 Å². The van der Waals surface area contributed by atoms with Crippen molar-refractivity contribution in [3.8, 4) is 0 Å². The van der Waals surface area contributed by atoms with Gasteiger partial charge >= 0.3 is 0 Å². The highest BCUT2D eigenvalue weighted by atomic mass is 16.5. The first-order valence-electron chi connectivity index (χ1n) is 7.30. The molecule has 3 atom stereocenters. The molecule has 1 aromatic rings. The highest BCUT2D eigenvalue weighted by Gasteiger charge is 2.32. The van der Waals surface area contributed by atoms with Crippen LogP contribution in [0.5, 0.6) is 0 Å². The van der Waals surface area contributed by atoms with Crippen molar-refractivity contribution in [3.63, 3.8) is 0 Å². The maximum Gasteiger partial charge on any atom is 0.0611 e. The second-order valence-electron chi connectivity index (χ2n) is 5.32. The van der Waals surface area contributed by atoms with Gasteiger partial charge in [-0.2, -0.15) is 0 Å². The second-order valence-corrected chi connectivity index (χ2v) is 5.32. The lowest BCUT2D eigenvalue weighted by atomic mass is 9.89. The topological polar surface area (TPSA) is 52.5 Å². The largest absolute Gasteiger partial charge is 0.392 e. The van der Waals surface area contributed by atoms with Gasteiger partial charge in [0.1, 0.15) is 0 Å². The zero-order valence-electron chi connectivity index (χ0n) is 12.0. The molecule has 19 heavy (non-hydrogen) atoms. The molecular weight excluding hydrogens is 238 g/mol. The predicted octanol–water partition coefficient (Wildman–Crippen LogP) is 3.33. The molecule has 0 radical (unpaired) electrons. The van der Waals surface area contributed by atoms with Crippen LogP contribution in [-0.4, -0.2) is 23.0 Å². The molecule has 0 aromatic heterocycles. The Balaban J connectivity index is 0.000000258. The highest BCUT2D eigenvalue weighted by Crippen LogP contribution is 2.39. The summed E-state index contributed by atoms with van der Waals surface area (Å²) in [6, 6.07) is 10.4. The standard InChI is InChI=1S/C12H16O.C4H11NO/c1-9-7-8-11(13)12(9)10-5-3-2-4-6-10;1-2-3-4-5-6/h2-6,9,11-13H,7-8H2,1H3;5-6H,2-4H2,1H3. The first-order chi connectivity index (χ1) is 9.20. The number of rotatable bonds is 4. The third-order valence-electron chi connectivity index (χ3n) is 3.77. The number of unbranched alkanes of at least 4 members (excludes halogenated alkanes) is 1. The summed E-state index contributed by atoms with van der Waals surface area (Å²) in [6.07, 6.45) is 4.17. The molecule has 1 saturated carbocycles. The Labute approximate surface area is 116 Å². The predicted molar refractivity (Wildman–Crippen MR) is 78.3 cm³/mol. The van der Waals surface area contributed by atoms with Crippen LogP contribution in [0.4, 0.5) is 0 Å². The van der Waals surface area contributed by atoms with Crippen molar-refractivity contribution in [2.45, 2.75) is 51.6 Å². The molecule has 3 heteroatoms. The van der Waals surface area contributed by atoms with E-state index >= 15 is 0 Å². The van der Waals surface area contributed by atoms with Crippen LogP contribution in [-0.2, 0) is 0 Å². The Bertz CT molecular complexity index is 315. The van der Waals surface area contributed by atoms with E-state index in [0.717, 1.165) is 32.2 Å². The lowest BCUT2D eigenvalue weighted by Crippen LogP contribution is -2.15. The molecule has 108 valence electrons. The zero-order chi connectivity index (χ0) is 14.1. The minimum absolute atomic E-state index is 0.127. The van der Waals surface area contributed by atoms with Crippen LogP contribution in [0.2, 0.25) is 0 Å². The molecule has 1 aliphatic rings. The van der Waals surface area contributed by atoms with E-state index in [0.29, 0.717) is 11.8 Å². The van der Waals surface area contributed by atoms with Gasteiger partial charge in [0, 0.05) is 12.5 Å². The maximum absolute atomic E-state index is 9.81. The Morgan fingerprint density at radius 2 is 1.89 bits per heavy atom. The van der Waals surface area contributed by atoms with Gasteiger partial charge in [0.2, 0.25) is 0 Å². The summed E-state index contributed by atoms with van der Waals surface area (Å²) >= 11 is 0. The fourth-order valence-electron chi connectivity index (χ4n) is 2.65. The highest BCUT2D eigenvalue weighted by molar-refractivity contribution is 5.22. The smallest absolute Gasteiger partial charge is 0.0611 e. The lowest BCUT2D eigenvalue weighted by molar-refractivity contribution is 0.156. The zero-order valence-corrected chi connectivity index (χ0v) is 12.0. The quantitative estimate of drug-likeness (QED) is 0.578. The van der Waals surface area contributed by atoms with Crippen LogP contribution in [0.1, 0.15) is 51.0 Å². The molecule has 0 bridgehead atoms. The van der Waals surface area contributed by atoms with Gasteiger partial charge in [-0.05, 0) is 30.7 Å². The van der Waals surface area contributed by atoms with Crippen molar-refractivity contribution in [2.75, 3.05) is 6.54 Å². The molecule has 0 heterocycles. The van der Waals surface area contributed by atoms with Crippen LogP contribution in [0.25, 0.3) is 0 Å². The van der Waals surface area contributed by atoms with Gasteiger partial charge in [0.25, 0.3) is 0 Å². The summed E-state index contributed by atoms with van der Waals surface area (Å²) in [5.74, 6) is 0.985. The molecular formula is C16H27NO2. The van der Waals surface area contributed by atoms with Gasteiger partial charge in [-0.25, -0.2) is 5.48 Å². The van der Waals surface area contributed by atoms with E-state index in [1.54, 1.807) is 0 Å². The van der Waals surface area contributed by atoms with E-state index in [2.05, 4.69) is 31.5 Å². The van der Waals surface area contributed by atoms with Crippen LogP contribution in [0, 0.1) is 5.92 Å². The number of aliphatic hydroxyl groups is 1. The molecule has 1 fully saturated rings. The summed E-state index contributed by atoms with van der Waals surface area (Å²) < 4.78 is 0. The number of nitrogens with one attached hydrogen (secondary N) is 1. The van der Waals surface area contributed by atoms with Gasteiger partial charge in [0.15, 0.2) is 0 Å². The van der Waals surface area contributed by atoms with Crippen LogP contribution >= 0.6 is 0 Å². The average molecular weight is 265 g/mol. The van der Waals surface area contributed by atoms with Crippen molar-refractivity contribution in [2.24, 2.45) is 5.92 Å². The summed E-state index contributed by atoms with van der Waals surface area (Å²) in [6.45, 7) is 5.03. The van der Waals surface area contributed by atoms with Gasteiger partial charge < -0.3 is 10.3 Å². The summed E-state index contributed by atoms with van der Waals surface area (Å²) in [7, 11) is 0. The Morgan fingerprint density at radius 3 is 2.32 bits per heavy atom. The molecule has 0 amide bonds. The summed E-state index contributed by atoms with van der Waals surface area (Å²) in [5, 5.41) is 17.8. The van der Waals surface area contributed by atoms with Crippen molar-refractivity contribution in [1.82, 2.24) is 5.48 Å². The third kappa shape index (κ3) is 5.31. The molecule has 0 spiro atoms. The number of benzene rings is 1. The summed E-state index contributed by atoms with van der Waals surface area (Å²) in [4.78, 5) is 0. The van der Waals surface area contributed by atoms with Gasteiger partial charge in [-0.3, -0.25) is 0 Å². The SMILES string of the molecule is CC1CCC(O)C1c1ccccc1.CCCCNO. The third-order valence-corrected chi connectivity index (χ3v) is 3.77. The molecule has 3 N–H and O–H groups in total. The normalized spacial score (nSPS) is 25.8. The van der Waals surface area contributed by atoms with E-state index in [-0.39, 0.29) is 6.10 Å². The fraction of sp³-hybridized carbons (Fsp3) is 0.625. The van der Waals surface area contributed by atoms with Crippen LogP contribution in [0.3, 0.4) is 0 Å². The second kappa shape index (κ2) is 9.08. The Hall–Kier alpha value is -0.900. The molecule has 0 saturated heterocycles. The fourth-order valence-corrected chi connectivity index (χ4v) is 2.65. The monoisotopic (exact) mass is 265 g/mol. The average Bonchev–Trinajstić information content (AvgIpc) is 2.77. The lowest BCUT2D eigenvalue weighted by Gasteiger charge is -2.19. The number of hydrogen-bond donors (Lipinski definition) is 3. The molecule has 3 unspecified atom stereocenters. The minimum Gasteiger partial charge on any atom is -0.392 e. The van der Waals surface area contributed by atoms with Gasteiger partial charge in [-0.1, -0.05) is 50.6 Å². The molecule has 1 aliphatic carbocycles. The summed E-state index contributed by atoms with van der Waals surface area (Å²) in [5.41, 5.74) is 3.36. The molecule has 0 aliphatic heterocycles. The Morgan fingerprint density at radius 1 is 1.21 bits per heavy atom. The molecule has 3 nitrogen and oxygen atoms in total. The van der Waals surface area contributed by atoms with E-state index in [4.69, 9.17) is 5.21 Å². The van der Waals surface area contributed by atoms with Crippen molar-refractivity contribution in [3.05, 3.63) is 35.9 Å². The van der Waals surface area contributed by atoms with E-state index < -0.39 is 0 Å². The Kier molecular flexibility index (Phi) is 7.72. The first kappa shape index (κ1) is 16.2. The van der Waals surface area contributed by atoms with Crippen molar-refractivity contribution in [1.29, 1.82) is 0 Å². The van der Waals surface area contributed by atoms with E-state index in [1.165, 1.54) is 5.56 Å². The van der Waals surface area contributed by atoms with Crippen molar-refractivity contribution < 1.29 is 10.3 Å². The number of aliphatic hydroxyl groups excluding tert-OH is 1. The maximum atomic E-state index is 9.81. The molecule has 1 aromatic carbocycles. The van der Waals surface area contributed by atoms with Gasteiger partial charge in [-0.15, -0.1) is 0 Å². The van der Waals surface area contributed by atoms with Crippen LogP contribution in [0.15, 0.2) is 30.3 Å². The first-order valence-corrected chi connectivity index (χ1v) is 7.30. The van der Waals surface area contributed by atoms with Crippen LogP contribution < -0.4 is 5.48 Å².